The van der Waals surface area contributed by atoms with E-state index in [1.54, 1.807) is 11.8 Å². The molecule has 1 aromatic rings. The van der Waals surface area contributed by atoms with Crippen molar-refractivity contribution in [2.45, 2.75) is 36.7 Å². The van der Waals surface area contributed by atoms with Gasteiger partial charge < -0.3 is 15.2 Å². The molecule has 1 aromatic carbocycles. The normalized spacial score (nSPS) is 20.6. The maximum Gasteiger partial charge on any atom is 0.407 e. The third-order valence-corrected chi connectivity index (χ3v) is 4.97. The van der Waals surface area contributed by atoms with Crippen molar-refractivity contribution in [3.8, 4) is 0 Å². The van der Waals surface area contributed by atoms with Gasteiger partial charge in [-0.25, -0.2) is 4.79 Å². The van der Waals surface area contributed by atoms with Crippen molar-refractivity contribution in [1.29, 1.82) is 0 Å². The van der Waals surface area contributed by atoms with Crippen molar-refractivity contribution >= 4 is 17.9 Å². The van der Waals surface area contributed by atoms with Gasteiger partial charge in [0.25, 0.3) is 0 Å². The molecule has 1 saturated heterocycles. The topological polar surface area (TPSA) is 58.6 Å². The van der Waals surface area contributed by atoms with Crippen molar-refractivity contribution in [3.63, 3.8) is 0 Å². The Hall–Kier alpha value is -1.20. The van der Waals surface area contributed by atoms with Crippen LogP contribution in [-0.4, -0.2) is 41.5 Å². The average molecular weight is 295 g/mol. The van der Waals surface area contributed by atoms with E-state index in [9.17, 15) is 9.90 Å². The fourth-order valence-corrected chi connectivity index (χ4v) is 3.16. The number of amides is 1. The van der Waals surface area contributed by atoms with Crippen LogP contribution < -0.4 is 5.32 Å². The molecular weight excluding hydrogens is 274 g/mol. The highest BCUT2D eigenvalue weighted by Crippen LogP contribution is 2.32. The van der Waals surface area contributed by atoms with E-state index in [0.29, 0.717) is 18.1 Å². The second-order valence-electron chi connectivity index (χ2n) is 5.02. The summed E-state index contributed by atoms with van der Waals surface area (Å²) in [6, 6.07) is 9.85. The highest BCUT2D eigenvalue weighted by atomic mass is 32.2. The zero-order valence-electron chi connectivity index (χ0n) is 11.6. The first-order chi connectivity index (χ1) is 9.69. The summed E-state index contributed by atoms with van der Waals surface area (Å²) in [5.74, 6) is 1.12. The second-order valence-corrected chi connectivity index (χ2v) is 6.37. The van der Waals surface area contributed by atoms with Gasteiger partial charge in [0.2, 0.25) is 0 Å². The number of hydrogen-bond donors (Lipinski definition) is 2. The number of alkyl carbamates (subject to hydrolysis) is 1. The Labute approximate surface area is 123 Å². The Morgan fingerprint density at radius 3 is 2.75 bits per heavy atom. The second kappa shape index (κ2) is 7.55. The van der Waals surface area contributed by atoms with Crippen molar-refractivity contribution in [3.05, 3.63) is 35.9 Å². The fraction of sp³-hybridized carbons (Fsp3) is 0.533. The van der Waals surface area contributed by atoms with Gasteiger partial charge in [-0.15, -0.1) is 0 Å². The molecule has 1 aliphatic heterocycles. The molecule has 2 rings (SSSR count). The highest BCUT2D eigenvalue weighted by molar-refractivity contribution is 8.01. The van der Waals surface area contributed by atoms with Crippen LogP contribution in [-0.2, 0) is 11.2 Å². The molecule has 1 heterocycles. The van der Waals surface area contributed by atoms with E-state index >= 15 is 0 Å². The van der Waals surface area contributed by atoms with Gasteiger partial charge in [0.05, 0.1) is 13.2 Å². The van der Waals surface area contributed by atoms with Crippen LogP contribution >= 0.6 is 11.8 Å². The van der Waals surface area contributed by atoms with Crippen molar-refractivity contribution in [2.24, 2.45) is 0 Å². The molecule has 0 bridgehead atoms. The number of ether oxygens (including phenoxy) is 1. The lowest BCUT2D eigenvalue weighted by Crippen LogP contribution is -2.42. The number of aliphatic hydroxyl groups is 1. The first-order valence-corrected chi connectivity index (χ1v) is 7.92. The number of methoxy groups -OCH3 is 1. The van der Waals surface area contributed by atoms with E-state index in [-0.39, 0.29) is 12.1 Å². The molecule has 4 nitrogen and oxygen atoms in total. The summed E-state index contributed by atoms with van der Waals surface area (Å²) in [7, 11) is 1.35. The zero-order valence-corrected chi connectivity index (χ0v) is 12.4. The Morgan fingerprint density at radius 1 is 1.50 bits per heavy atom. The smallest absolute Gasteiger partial charge is 0.407 e. The third-order valence-electron chi connectivity index (χ3n) is 3.52. The zero-order chi connectivity index (χ0) is 14.4. The van der Waals surface area contributed by atoms with E-state index < -0.39 is 6.09 Å². The predicted molar refractivity (Wildman–Crippen MR) is 81.0 cm³/mol. The first-order valence-electron chi connectivity index (χ1n) is 6.87. The molecular formula is C15H21NO3S. The predicted octanol–water partition coefficient (Wildman–Crippen LogP) is 2.21. The molecule has 1 aliphatic rings. The molecule has 1 fully saturated rings. The van der Waals surface area contributed by atoms with E-state index in [1.807, 2.05) is 30.3 Å². The molecule has 5 heteroatoms. The molecule has 0 aromatic heterocycles. The first kappa shape index (κ1) is 15.2. The molecule has 2 unspecified atom stereocenters. The average Bonchev–Trinajstić information content (AvgIpc) is 2.37. The minimum atomic E-state index is -0.445. The number of benzene rings is 1. The SMILES string of the molecule is COC(=O)N[C@H](Cc1ccccc1)CC(O)C1CCS1. The van der Waals surface area contributed by atoms with Crippen LogP contribution in [0.15, 0.2) is 30.3 Å². The molecule has 0 aliphatic carbocycles. The van der Waals surface area contributed by atoms with E-state index in [1.165, 1.54) is 7.11 Å². The van der Waals surface area contributed by atoms with Crippen LogP contribution in [0.1, 0.15) is 18.4 Å². The van der Waals surface area contributed by atoms with Gasteiger partial charge in [0.15, 0.2) is 0 Å². The number of carbonyl (C=O) groups is 1. The number of hydrogen-bond acceptors (Lipinski definition) is 4. The lowest BCUT2D eigenvalue weighted by atomic mass is 9.98. The van der Waals surface area contributed by atoms with Gasteiger partial charge in [-0.3, -0.25) is 0 Å². The third kappa shape index (κ3) is 4.42. The monoisotopic (exact) mass is 295 g/mol. The Balaban J connectivity index is 1.94. The van der Waals surface area contributed by atoms with Gasteiger partial charge in [0, 0.05) is 11.3 Å². The molecule has 0 radical (unpaired) electrons. The van der Waals surface area contributed by atoms with Crippen LogP contribution in [0.3, 0.4) is 0 Å². The molecule has 2 N–H and O–H groups in total. The van der Waals surface area contributed by atoms with Crippen molar-refractivity contribution in [1.82, 2.24) is 5.32 Å². The quantitative estimate of drug-likeness (QED) is 0.845. The molecule has 110 valence electrons. The molecule has 3 atom stereocenters. The largest absolute Gasteiger partial charge is 0.453 e. The molecule has 0 saturated carbocycles. The van der Waals surface area contributed by atoms with E-state index in [4.69, 9.17) is 0 Å². The van der Waals surface area contributed by atoms with Crippen molar-refractivity contribution < 1.29 is 14.6 Å². The standard InChI is InChI=1S/C15H21NO3S/c1-19-15(18)16-12(9-11-5-3-2-4-6-11)10-13(17)14-7-8-20-14/h2-6,12-14,17H,7-10H2,1H3,(H,16,18)/t12-,13?,14?/m1/s1. The van der Waals surface area contributed by atoms with Gasteiger partial charge in [-0.1, -0.05) is 30.3 Å². The summed E-state index contributed by atoms with van der Waals surface area (Å²) in [5, 5.41) is 13.3. The lowest BCUT2D eigenvalue weighted by Gasteiger charge is -2.32. The maximum atomic E-state index is 11.4. The summed E-state index contributed by atoms with van der Waals surface area (Å²) in [4.78, 5) is 11.4. The Morgan fingerprint density at radius 2 is 2.20 bits per heavy atom. The molecule has 0 spiro atoms. The Bertz CT molecular complexity index is 422. The molecule has 20 heavy (non-hydrogen) atoms. The maximum absolute atomic E-state index is 11.4. The van der Waals surface area contributed by atoms with Crippen LogP contribution in [0.4, 0.5) is 4.79 Å². The minimum absolute atomic E-state index is 0.110. The van der Waals surface area contributed by atoms with Crippen molar-refractivity contribution in [2.75, 3.05) is 12.9 Å². The minimum Gasteiger partial charge on any atom is -0.453 e. The fourth-order valence-electron chi connectivity index (χ4n) is 2.32. The number of thioether (sulfide) groups is 1. The number of aliphatic hydroxyl groups excluding tert-OH is 1. The summed E-state index contributed by atoms with van der Waals surface area (Å²) in [6.45, 7) is 0. The summed E-state index contributed by atoms with van der Waals surface area (Å²) in [5.41, 5.74) is 1.14. The van der Waals surface area contributed by atoms with Gasteiger partial charge in [-0.05, 0) is 30.6 Å². The summed E-state index contributed by atoms with van der Waals surface area (Å²) < 4.78 is 4.66. The molecule has 1 amide bonds. The van der Waals surface area contributed by atoms with Crippen LogP contribution in [0.5, 0.6) is 0 Å². The summed E-state index contributed by atoms with van der Waals surface area (Å²) >= 11 is 1.79. The van der Waals surface area contributed by atoms with Gasteiger partial charge in [0.1, 0.15) is 0 Å². The van der Waals surface area contributed by atoms with Crippen LogP contribution in [0.2, 0.25) is 0 Å². The van der Waals surface area contributed by atoms with Gasteiger partial charge >= 0.3 is 6.09 Å². The van der Waals surface area contributed by atoms with E-state index in [2.05, 4.69) is 10.1 Å². The van der Waals surface area contributed by atoms with Crippen LogP contribution in [0.25, 0.3) is 0 Å². The van der Waals surface area contributed by atoms with Gasteiger partial charge in [-0.2, -0.15) is 11.8 Å². The Kier molecular flexibility index (Phi) is 5.73. The number of nitrogens with one attached hydrogen (secondary N) is 1. The summed E-state index contributed by atoms with van der Waals surface area (Å²) in [6.07, 6.45) is 1.49. The number of rotatable bonds is 6. The van der Waals surface area contributed by atoms with E-state index in [0.717, 1.165) is 17.7 Å². The lowest BCUT2D eigenvalue weighted by molar-refractivity contribution is 0.132. The van der Waals surface area contributed by atoms with Crippen LogP contribution in [0, 0.1) is 0 Å². The number of carbonyl (C=O) groups excluding carboxylic acids is 1. The highest BCUT2D eigenvalue weighted by Gasteiger charge is 2.29.